The molecule has 4 nitrogen and oxygen atoms in total. The van der Waals surface area contributed by atoms with Crippen LogP contribution in [-0.4, -0.2) is 42.8 Å². The molecule has 0 aliphatic carbocycles. The first-order valence-electron chi connectivity index (χ1n) is 7.57. The fourth-order valence-electron chi connectivity index (χ4n) is 2.51. The number of halogens is 4. The first-order valence-corrected chi connectivity index (χ1v) is 7.57. The molecule has 0 atom stereocenters. The fourth-order valence-corrected chi connectivity index (χ4v) is 2.51. The molecule has 1 aromatic carbocycles. The molecular weight excluding hydrogens is 328 g/mol. The lowest BCUT2D eigenvalue weighted by molar-refractivity contribution is -0.139. The lowest BCUT2D eigenvalue weighted by atomic mass is 10.1. The minimum atomic E-state index is -4.77. The Morgan fingerprint density at radius 1 is 1.08 bits per heavy atom. The maximum Gasteiger partial charge on any atom is 0.421 e. The van der Waals surface area contributed by atoms with Gasteiger partial charge in [0.1, 0.15) is 17.0 Å². The zero-order valence-electron chi connectivity index (χ0n) is 13.8. The summed E-state index contributed by atoms with van der Waals surface area (Å²) in [4.78, 5) is 14.9. The standard InChI is InChI=1S/C16H20F4N2O2/c1-15(2,3)24-14(23)22-9-7-21(8-10-22)12-6-4-5-11(17)13(12)16(18,19)20/h4-6H,7-10H2,1-3H3. The van der Waals surface area contributed by atoms with Crippen LogP contribution in [0.15, 0.2) is 18.2 Å². The van der Waals surface area contributed by atoms with Gasteiger partial charge in [-0.25, -0.2) is 9.18 Å². The number of rotatable bonds is 1. The van der Waals surface area contributed by atoms with Gasteiger partial charge in [-0.05, 0) is 32.9 Å². The predicted molar refractivity (Wildman–Crippen MR) is 81.4 cm³/mol. The number of alkyl halides is 3. The number of benzene rings is 1. The van der Waals surface area contributed by atoms with Crippen LogP contribution in [0, 0.1) is 5.82 Å². The van der Waals surface area contributed by atoms with Gasteiger partial charge in [0.25, 0.3) is 0 Å². The van der Waals surface area contributed by atoms with Crippen molar-refractivity contribution in [3.63, 3.8) is 0 Å². The van der Waals surface area contributed by atoms with Crippen molar-refractivity contribution in [2.75, 3.05) is 31.1 Å². The minimum absolute atomic E-state index is 0.172. The van der Waals surface area contributed by atoms with Gasteiger partial charge < -0.3 is 14.5 Å². The van der Waals surface area contributed by atoms with Crippen molar-refractivity contribution in [2.24, 2.45) is 0 Å². The van der Waals surface area contributed by atoms with Crippen molar-refractivity contribution in [3.05, 3.63) is 29.6 Å². The first-order chi connectivity index (χ1) is 11.0. The summed E-state index contributed by atoms with van der Waals surface area (Å²) in [7, 11) is 0. The summed E-state index contributed by atoms with van der Waals surface area (Å²) < 4.78 is 58.2. The Labute approximate surface area is 138 Å². The molecule has 0 saturated carbocycles. The smallest absolute Gasteiger partial charge is 0.421 e. The zero-order chi connectivity index (χ0) is 18.1. The van der Waals surface area contributed by atoms with Crippen LogP contribution in [0.4, 0.5) is 28.0 Å². The third-order valence-electron chi connectivity index (χ3n) is 3.55. The number of hydrogen-bond acceptors (Lipinski definition) is 3. The lowest BCUT2D eigenvalue weighted by Crippen LogP contribution is -2.50. The first kappa shape index (κ1) is 18.4. The zero-order valence-corrected chi connectivity index (χ0v) is 13.8. The molecule has 0 radical (unpaired) electrons. The van der Waals surface area contributed by atoms with E-state index in [0.717, 1.165) is 6.07 Å². The molecule has 0 bridgehead atoms. The topological polar surface area (TPSA) is 32.8 Å². The Balaban J connectivity index is 2.11. The molecule has 1 heterocycles. The summed E-state index contributed by atoms with van der Waals surface area (Å²) in [6, 6.07) is 3.29. The van der Waals surface area contributed by atoms with Crippen LogP contribution < -0.4 is 4.90 Å². The van der Waals surface area contributed by atoms with Gasteiger partial charge in [-0.3, -0.25) is 0 Å². The van der Waals surface area contributed by atoms with E-state index in [0.29, 0.717) is 0 Å². The third-order valence-corrected chi connectivity index (χ3v) is 3.55. The molecule has 134 valence electrons. The maximum absolute atomic E-state index is 13.7. The maximum atomic E-state index is 13.7. The van der Waals surface area contributed by atoms with Gasteiger partial charge in [0.2, 0.25) is 0 Å². The Hall–Kier alpha value is -1.99. The molecule has 0 N–H and O–H groups in total. The molecule has 1 saturated heterocycles. The molecule has 8 heteroatoms. The van der Waals surface area contributed by atoms with Crippen molar-refractivity contribution in [1.82, 2.24) is 4.90 Å². The second-order valence-corrected chi connectivity index (χ2v) is 6.59. The summed E-state index contributed by atoms with van der Waals surface area (Å²) in [5.74, 6) is -1.30. The van der Waals surface area contributed by atoms with E-state index < -0.39 is 29.3 Å². The van der Waals surface area contributed by atoms with E-state index >= 15 is 0 Å². The van der Waals surface area contributed by atoms with Gasteiger partial charge in [0.15, 0.2) is 0 Å². The third kappa shape index (κ3) is 4.30. The largest absolute Gasteiger partial charge is 0.444 e. The highest BCUT2D eigenvalue weighted by atomic mass is 19.4. The average molecular weight is 348 g/mol. The predicted octanol–water partition coefficient (Wildman–Crippen LogP) is 3.90. The van der Waals surface area contributed by atoms with E-state index in [1.54, 1.807) is 20.8 Å². The van der Waals surface area contributed by atoms with Crippen molar-refractivity contribution in [3.8, 4) is 0 Å². The normalized spacial score (nSPS) is 16.3. The van der Waals surface area contributed by atoms with E-state index in [4.69, 9.17) is 4.74 Å². The summed E-state index contributed by atoms with van der Waals surface area (Å²) in [6.07, 6.45) is -5.28. The molecule has 0 unspecified atom stereocenters. The van der Waals surface area contributed by atoms with Crippen LogP contribution in [-0.2, 0) is 10.9 Å². The summed E-state index contributed by atoms with van der Waals surface area (Å²) >= 11 is 0. The summed E-state index contributed by atoms with van der Waals surface area (Å²) in [5, 5.41) is 0. The van der Waals surface area contributed by atoms with E-state index in [2.05, 4.69) is 0 Å². The molecule has 1 fully saturated rings. The van der Waals surface area contributed by atoms with Gasteiger partial charge >= 0.3 is 12.3 Å². The number of piperazine rings is 1. The molecule has 1 aromatic rings. The number of carbonyl (C=O) groups excluding carboxylic acids is 1. The van der Waals surface area contributed by atoms with Crippen LogP contribution in [0.25, 0.3) is 0 Å². The lowest BCUT2D eigenvalue weighted by Gasteiger charge is -2.37. The molecule has 2 rings (SSSR count). The van der Waals surface area contributed by atoms with Gasteiger partial charge in [-0.2, -0.15) is 13.2 Å². The van der Waals surface area contributed by atoms with Gasteiger partial charge in [-0.15, -0.1) is 0 Å². The van der Waals surface area contributed by atoms with Crippen molar-refractivity contribution >= 4 is 11.8 Å². The van der Waals surface area contributed by atoms with E-state index in [1.807, 2.05) is 0 Å². The van der Waals surface area contributed by atoms with Crippen LogP contribution in [0.2, 0.25) is 0 Å². The molecule has 1 aliphatic heterocycles. The number of anilines is 1. The number of carbonyl (C=O) groups is 1. The summed E-state index contributed by atoms with van der Waals surface area (Å²) in [6.45, 7) is 5.99. The molecule has 24 heavy (non-hydrogen) atoms. The van der Waals surface area contributed by atoms with Crippen LogP contribution in [0.1, 0.15) is 26.3 Å². The Bertz CT molecular complexity index is 603. The van der Waals surface area contributed by atoms with Crippen molar-refractivity contribution in [2.45, 2.75) is 32.5 Å². The highest BCUT2D eigenvalue weighted by Crippen LogP contribution is 2.38. The van der Waals surface area contributed by atoms with Crippen LogP contribution >= 0.6 is 0 Å². The van der Waals surface area contributed by atoms with Crippen LogP contribution in [0.5, 0.6) is 0 Å². The van der Waals surface area contributed by atoms with Gasteiger partial charge in [0.05, 0.1) is 5.69 Å². The molecule has 0 aromatic heterocycles. The molecule has 0 spiro atoms. The fraction of sp³-hybridized carbons (Fsp3) is 0.562. The highest BCUT2D eigenvalue weighted by Gasteiger charge is 2.39. The monoisotopic (exact) mass is 348 g/mol. The number of amides is 1. The average Bonchev–Trinajstić information content (AvgIpc) is 2.44. The SMILES string of the molecule is CC(C)(C)OC(=O)N1CCN(c2cccc(F)c2C(F)(F)F)CC1. The Morgan fingerprint density at radius 2 is 1.67 bits per heavy atom. The molecule has 1 aliphatic rings. The van der Waals surface area contributed by atoms with E-state index in [-0.39, 0.29) is 31.9 Å². The highest BCUT2D eigenvalue weighted by molar-refractivity contribution is 5.69. The van der Waals surface area contributed by atoms with E-state index in [9.17, 15) is 22.4 Å². The summed E-state index contributed by atoms with van der Waals surface area (Å²) in [5.41, 5.74) is -2.11. The Morgan fingerprint density at radius 3 is 2.17 bits per heavy atom. The molecular formula is C16H20F4N2O2. The van der Waals surface area contributed by atoms with Crippen molar-refractivity contribution < 1.29 is 27.1 Å². The van der Waals surface area contributed by atoms with Gasteiger partial charge in [-0.1, -0.05) is 6.07 Å². The van der Waals surface area contributed by atoms with E-state index in [1.165, 1.54) is 21.9 Å². The number of nitrogens with zero attached hydrogens (tertiary/aromatic N) is 2. The molecule has 1 amide bonds. The van der Waals surface area contributed by atoms with Crippen LogP contribution in [0.3, 0.4) is 0 Å². The van der Waals surface area contributed by atoms with Gasteiger partial charge in [0, 0.05) is 26.2 Å². The Kier molecular flexibility index (Phi) is 4.96. The quantitative estimate of drug-likeness (QED) is 0.722. The number of hydrogen-bond donors (Lipinski definition) is 0. The second kappa shape index (κ2) is 6.49. The minimum Gasteiger partial charge on any atom is -0.444 e. The van der Waals surface area contributed by atoms with Crippen molar-refractivity contribution in [1.29, 1.82) is 0 Å². The second-order valence-electron chi connectivity index (χ2n) is 6.59. The number of ether oxygens (including phenoxy) is 1.